The molecule has 3 nitrogen and oxygen atoms in total. The summed E-state index contributed by atoms with van der Waals surface area (Å²) in [6.45, 7) is 1.58. The summed E-state index contributed by atoms with van der Waals surface area (Å²) in [5, 5.41) is 11.1. The number of hydrogen-bond donors (Lipinski definition) is 0. The van der Waals surface area contributed by atoms with Gasteiger partial charge in [-0.25, -0.2) is 5.01 Å². The highest BCUT2D eigenvalue weighted by Gasteiger charge is 2.31. The second-order valence-corrected chi connectivity index (χ2v) is 7.30. The number of hydrogen-bond acceptors (Lipinski definition) is 2. The number of rotatable bonds is 2. The molecule has 5 rings (SSSR count). The molecule has 3 heteroatoms. The summed E-state index contributed by atoms with van der Waals surface area (Å²) in [5.41, 5.74) is 3.15. The monoisotopic (exact) mass is 364 g/mol. The summed E-state index contributed by atoms with van der Waals surface area (Å²) in [4.78, 5) is 12.3. The Morgan fingerprint density at radius 2 is 1.43 bits per heavy atom. The van der Waals surface area contributed by atoms with Crippen molar-refractivity contribution in [3.05, 3.63) is 96.1 Å². The van der Waals surface area contributed by atoms with Crippen LogP contribution in [0.15, 0.2) is 90.0 Å². The summed E-state index contributed by atoms with van der Waals surface area (Å²) in [6.07, 6.45) is 0.719. The summed E-state index contributed by atoms with van der Waals surface area (Å²) in [5.74, 6) is -0.0334. The molecule has 0 unspecified atom stereocenters. The average Bonchev–Trinajstić information content (AvgIpc) is 3.19. The Morgan fingerprint density at radius 3 is 2.11 bits per heavy atom. The van der Waals surface area contributed by atoms with Gasteiger partial charge in [-0.15, -0.1) is 0 Å². The minimum Gasteiger partial charge on any atom is -0.273 e. The zero-order valence-corrected chi connectivity index (χ0v) is 15.7. The molecule has 0 spiro atoms. The van der Waals surface area contributed by atoms with Crippen LogP contribution in [-0.2, 0) is 4.79 Å². The lowest BCUT2D eigenvalue weighted by molar-refractivity contribution is -0.130. The fourth-order valence-electron chi connectivity index (χ4n) is 4.02. The average molecular weight is 364 g/mol. The van der Waals surface area contributed by atoms with Gasteiger partial charge in [0.1, 0.15) is 0 Å². The molecule has 136 valence electrons. The van der Waals surface area contributed by atoms with Crippen LogP contribution in [-0.4, -0.2) is 16.6 Å². The first-order valence-electron chi connectivity index (χ1n) is 9.54. The van der Waals surface area contributed by atoms with Gasteiger partial charge in [0, 0.05) is 13.3 Å². The second kappa shape index (κ2) is 6.61. The smallest absolute Gasteiger partial charge is 0.240 e. The van der Waals surface area contributed by atoms with E-state index < -0.39 is 0 Å². The number of benzene rings is 4. The van der Waals surface area contributed by atoms with Gasteiger partial charge in [-0.1, -0.05) is 72.8 Å². The molecule has 1 heterocycles. The second-order valence-electron chi connectivity index (χ2n) is 7.30. The standard InChI is InChI=1S/C25H20N2O/c1-17(28)27-25(23-13-11-19-7-3-5-9-21(19)15-23)16-24(26-27)22-12-10-18-6-2-4-8-20(18)14-22/h2-15,25H,16H2,1H3/t25-/m0/s1. The van der Waals surface area contributed by atoms with Crippen molar-refractivity contribution in [2.24, 2.45) is 5.10 Å². The first-order valence-corrected chi connectivity index (χ1v) is 9.54. The highest BCUT2D eigenvalue weighted by molar-refractivity contribution is 6.05. The zero-order chi connectivity index (χ0) is 19.1. The van der Waals surface area contributed by atoms with Crippen molar-refractivity contribution in [1.82, 2.24) is 5.01 Å². The van der Waals surface area contributed by atoms with E-state index in [2.05, 4.69) is 60.7 Å². The van der Waals surface area contributed by atoms with Gasteiger partial charge < -0.3 is 0 Å². The lowest BCUT2D eigenvalue weighted by atomic mass is 9.95. The zero-order valence-electron chi connectivity index (χ0n) is 15.7. The number of carbonyl (C=O) groups excluding carboxylic acids is 1. The fourth-order valence-corrected chi connectivity index (χ4v) is 4.02. The van der Waals surface area contributed by atoms with Crippen molar-refractivity contribution in [1.29, 1.82) is 0 Å². The molecule has 0 fully saturated rings. The van der Waals surface area contributed by atoms with Gasteiger partial charge in [-0.3, -0.25) is 4.79 Å². The third-order valence-corrected chi connectivity index (χ3v) is 5.47. The van der Waals surface area contributed by atoms with Crippen LogP contribution in [0, 0.1) is 0 Å². The minimum absolute atomic E-state index is 0.0334. The number of carbonyl (C=O) groups is 1. The first-order chi connectivity index (χ1) is 13.7. The van der Waals surface area contributed by atoms with Gasteiger partial charge in [0.2, 0.25) is 5.91 Å². The van der Waals surface area contributed by atoms with Crippen LogP contribution in [0.2, 0.25) is 0 Å². The van der Waals surface area contributed by atoms with E-state index in [9.17, 15) is 4.79 Å². The van der Waals surface area contributed by atoms with Gasteiger partial charge in [-0.05, 0) is 44.8 Å². The van der Waals surface area contributed by atoms with Crippen molar-refractivity contribution in [2.45, 2.75) is 19.4 Å². The SMILES string of the molecule is CC(=O)N1N=C(c2ccc3ccccc3c2)C[C@H]1c1ccc2ccccc2c1. The van der Waals surface area contributed by atoms with Crippen LogP contribution in [0.25, 0.3) is 21.5 Å². The maximum atomic E-state index is 12.3. The highest BCUT2D eigenvalue weighted by Crippen LogP contribution is 2.34. The normalized spacial score (nSPS) is 16.5. The molecule has 0 N–H and O–H groups in total. The van der Waals surface area contributed by atoms with Crippen LogP contribution in [0.4, 0.5) is 0 Å². The van der Waals surface area contributed by atoms with Gasteiger partial charge in [0.05, 0.1) is 11.8 Å². The predicted molar refractivity (Wildman–Crippen MR) is 114 cm³/mol. The molecule has 0 aromatic heterocycles. The van der Waals surface area contributed by atoms with Crippen LogP contribution < -0.4 is 0 Å². The maximum absolute atomic E-state index is 12.3. The Bertz CT molecular complexity index is 1240. The Kier molecular flexibility index (Phi) is 3.94. The Balaban J connectivity index is 1.54. The van der Waals surface area contributed by atoms with Crippen molar-refractivity contribution in [2.75, 3.05) is 0 Å². The van der Waals surface area contributed by atoms with E-state index in [-0.39, 0.29) is 11.9 Å². The van der Waals surface area contributed by atoms with Crippen molar-refractivity contribution < 1.29 is 4.79 Å². The highest BCUT2D eigenvalue weighted by atomic mass is 16.2. The Hall–Kier alpha value is -3.46. The number of nitrogens with zero attached hydrogens (tertiary/aromatic N) is 2. The molecule has 1 aliphatic heterocycles. The van der Waals surface area contributed by atoms with Gasteiger partial charge in [0.15, 0.2) is 0 Å². The lowest BCUT2D eigenvalue weighted by Gasteiger charge is -2.20. The van der Waals surface area contributed by atoms with Gasteiger partial charge in [-0.2, -0.15) is 5.10 Å². The summed E-state index contributed by atoms with van der Waals surface area (Å²) < 4.78 is 0. The molecular weight excluding hydrogens is 344 g/mol. The van der Waals surface area contributed by atoms with Crippen LogP contribution in [0.5, 0.6) is 0 Å². The van der Waals surface area contributed by atoms with E-state index >= 15 is 0 Å². The minimum atomic E-state index is -0.0661. The number of hydrazone groups is 1. The Labute approximate surface area is 163 Å². The number of fused-ring (bicyclic) bond motifs is 2. The van der Waals surface area contributed by atoms with Crippen LogP contribution in [0.3, 0.4) is 0 Å². The molecule has 0 aliphatic carbocycles. The molecule has 1 atom stereocenters. The maximum Gasteiger partial charge on any atom is 0.240 e. The largest absolute Gasteiger partial charge is 0.273 e. The summed E-state index contributed by atoms with van der Waals surface area (Å²) in [7, 11) is 0. The van der Waals surface area contributed by atoms with Crippen LogP contribution in [0.1, 0.15) is 30.5 Å². The molecule has 4 aromatic rings. The molecule has 4 aromatic carbocycles. The topological polar surface area (TPSA) is 32.7 Å². The summed E-state index contributed by atoms with van der Waals surface area (Å²) >= 11 is 0. The Morgan fingerprint density at radius 1 is 0.821 bits per heavy atom. The van der Waals surface area contributed by atoms with Gasteiger partial charge in [0.25, 0.3) is 0 Å². The first kappa shape index (κ1) is 16.7. The molecular formula is C25H20N2O. The molecule has 0 saturated carbocycles. The van der Waals surface area contributed by atoms with E-state index in [0.717, 1.165) is 23.3 Å². The van der Waals surface area contributed by atoms with Gasteiger partial charge >= 0.3 is 0 Å². The van der Waals surface area contributed by atoms with E-state index in [4.69, 9.17) is 5.10 Å². The summed E-state index contributed by atoms with van der Waals surface area (Å²) in [6, 6.07) is 29.3. The molecule has 1 aliphatic rings. The molecule has 0 saturated heterocycles. The lowest BCUT2D eigenvalue weighted by Crippen LogP contribution is -2.24. The number of amides is 1. The quantitative estimate of drug-likeness (QED) is 0.450. The van der Waals surface area contributed by atoms with Crippen molar-refractivity contribution >= 4 is 33.2 Å². The van der Waals surface area contributed by atoms with E-state index in [1.807, 2.05) is 24.3 Å². The fraction of sp³-hybridized carbons (Fsp3) is 0.120. The molecule has 0 bridgehead atoms. The van der Waals surface area contributed by atoms with E-state index in [1.165, 1.54) is 21.5 Å². The predicted octanol–water partition coefficient (Wildman–Crippen LogP) is 5.69. The molecule has 0 radical (unpaired) electrons. The van der Waals surface area contributed by atoms with E-state index in [1.54, 1.807) is 11.9 Å². The van der Waals surface area contributed by atoms with Crippen molar-refractivity contribution in [3.63, 3.8) is 0 Å². The molecule has 28 heavy (non-hydrogen) atoms. The van der Waals surface area contributed by atoms with Crippen molar-refractivity contribution in [3.8, 4) is 0 Å². The van der Waals surface area contributed by atoms with E-state index in [0.29, 0.717) is 0 Å². The van der Waals surface area contributed by atoms with Crippen LogP contribution >= 0.6 is 0 Å². The third kappa shape index (κ3) is 2.85. The molecule has 1 amide bonds. The third-order valence-electron chi connectivity index (χ3n) is 5.47.